The summed E-state index contributed by atoms with van der Waals surface area (Å²) in [7, 11) is 0. The lowest BCUT2D eigenvalue weighted by Gasteiger charge is -2.27. The van der Waals surface area contributed by atoms with E-state index < -0.39 is 5.54 Å². The number of halogens is 1. The second-order valence-corrected chi connectivity index (χ2v) is 5.68. The maximum atomic E-state index is 13.9. The molecule has 0 saturated heterocycles. The molecule has 0 unspecified atom stereocenters. The van der Waals surface area contributed by atoms with Gasteiger partial charge in [0.1, 0.15) is 11.5 Å². The van der Waals surface area contributed by atoms with Crippen LogP contribution in [0.1, 0.15) is 25.1 Å². The molecule has 0 saturated carbocycles. The highest BCUT2D eigenvalue weighted by atomic mass is 19.1. The first-order valence-electron chi connectivity index (χ1n) is 6.99. The van der Waals surface area contributed by atoms with Gasteiger partial charge in [-0.05, 0) is 38.1 Å². The van der Waals surface area contributed by atoms with Crippen molar-refractivity contribution in [1.82, 2.24) is 15.3 Å². The SMILES string of the molecule is CC(C)(NCc1ccc2cc[nH]c2n1)c1ccccc1F. The predicted octanol–water partition coefficient (Wildman–Crippen LogP) is 3.73. The third-order valence-corrected chi connectivity index (χ3v) is 3.73. The molecule has 0 atom stereocenters. The molecule has 3 nitrogen and oxygen atoms in total. The number of hydrogen-bond acceptors (Lipinski definition) is 2. The van der Waals surface area contributed by atoms with Crippen molar-refractivity contribution in [2.24, 2.45) is 0 Å². The topological polar surface area (TPSA) is 40.7 Å². The number of rotatable bonds is 4. The van der Waals surface area contributed by atoms with Crippen LogP contribution in [0.25, 0.3) is 11.0 Å². The number of H-pyrrole nitrogens is 1. The number of fused-ring (bicyclic) bond motifs is 1. The molecule has 2 heterocycles. The zero-order chi connectivity index (χ0) is 14.9. The molecule has 0 aliphatic carbocycles. The van der Waals surface area contributed by atoms with Crippen LogP contribution >= 0.6 is 0 Å². The molecular formula is C17H18FN3. The van der Waals surface area contributed by atoms with Crippen molar-refractivity contribution in [3.05, 3.63) is 65.7 Å². The van der Waals surface area contributed by atoms with Crippen LogP contribution < -0.4 is 5.32 Å². The Bertz CT molecular complexity index is 761. The number of benzene rings is 1. The minimum atomic E-state index is -0.461. The first-order chi connectivity index (χ1) is 10.1. The smallest absolute Gasteiger partial charge is 0.137 e. The quantitative estimate of drug-likeness (QED) is 0.766. The number of nitrogens with one attached hydrogen (secondary N) is 2. The highest BCUT2D eigenvalue weighted by Gasteiger charge is 2.23. The summed E-state index contributed by atoms with van der Waals surface area (Å²) in [5.74, 6) is -0.192. The van der Waals surface area contributed by atoms with Gasteiger partial charge in [0, 0.05) is 29.2 Å². The zero-order valence-corrected chi connectivity index (χ0v) is 12.2. The van der Waals surface area contributed by atoms with Crippen molar-refractivity contribution in [3.63, 3.8) is 0 Å². The molecule has 0 aliphatic rings. The van der Waals surface area contributed by atoms with Gasteiger partial charge in [-0.1, -0.05) is 18.2 Å². The highest BCUT2D eigenvalue weighted by Crippen LogP contribution is 2.23. The summed E-state index contributed by atoms with van der Waals surface area (Å²) >= 11 is 0. The van der Waals surface area contributed by atoms with E-state index in [2.05, 4.69) is 15.3 Å². The van der Waals surface area contributed by atoms with E-state index in [-0.39, 0.29) is 5.82 Å². The van der Waals surface area contributed by atoms with Gasteiger partial charge < -0.3 is 10.3 Å². The van der Waals surface area contributed by atoms with Crippen molar-refractivity contribution in [3.8, 4) is 0 Å². The molecule has 0 amide bonds. The Balaban J connectivity index is 1.78. The Hall–Kier alpha value is -2.20. The first-order valence-corrected chi connectivity index (χ1v) is 6.99. The van der Waals surface area contributed by atoms with Crippen LogP contribution in [0.4, 0.5) is 4.39 Å². The third-order valence-electron chi connectivity index (χ3n) is 3.73. The Morgan fingerprint density at radius 2 is 1.95 bits per heavy atom. The fourth-order valence-electron chi connectivity index (χ4n) is 2.44. The Kier molecular flexibility index (Phi) is 3.47. The zero-order valence-electron chi connectivity index (χ0n) is 12.2. The summed E-state index contributed by atoms with van der Waals surface area (Å²) in [6, 6.07) is 12.9. The van der Waals surface area contributed by atoms with Gasteiger partial charge >= 0.3 is 0 Å². The molecule has 0 bridgehead atoms. The van der Waals surface area contributed by atoms with Crippen LogP contribution in [0.2, 0.25) is 0 Å². The average Bonchev–Trinajstić information content (AvgIpc) is 2.93. The Morgan fingerprint density at radius 3 is 2.76 bits per heavy atom. The van der Waals surface area contributed by atoms with Crippen LogP contribution in [0.3, 0.4) is 0 Å². The predicted molar refractivity (Wildman–Crippen MR) is 82.4 cm³/mol. The van der Waals surface area contributed by atoms with Crippen LogP contribution in [0, 0.1) is 5.82 Å². The maximum absolute atomic E-state index is 13.9. The lowest BCUT2D eigenvalue weighted by atomic mass is 9.93. The molecule has 1 aromatic carbocycles. The van der Waals surface area contributed by atoms with Crippen LogP contribution in [0.5, 0.6) is 0 Å². The second kappa shape index (κ2) is 5.30. The van der Waals surface area contributed by atoms with Crippen LogP contribution in [-0.2, 0) is 12.1 Å². The standard InChI is InChI=1S/C17H18FN3/c1-17(2,14-5-3-4-6-15(14)18)20-11-13-8-7-12-9-10-19-16(12)21-13/h3-10,20H,11H2,1-2H3,(H,19,21). The Morgan fingerprint density at radius 1 is 1.14 bits per heavy atom. The number of hydrogen-bond donors (Lipinski definition) is 2. The van der Waals surface area contributed by atoms with E-state index in [1.54, 1.807) is 6.07 Å². The minimum absolute atomic E-state index is 0.192. The molecule has 0 fully saturated rings. The van der Waals surface area contributed by atoms with Gasteiger partial charge in [0.05, 0.1) is 5.69 Å². The van der Waals surface area contributed by atoms with E-state index in [9.17, 15) is 4.39 Å². The molecule has 0 aliphatic heterocycles. The van der Waals surface area contributed by atoms with E-state index in [0.717, 1.165) is 16.7 Å². The van der Waals surface area contributed by atoms with E-state index in [4.69, 9.17) is 0 Å². The fourth-order valence-corrected chi connectivity index (χ4v) is 2.44. The van der Waals surface area contributed by atoms with E-state index in [0.29, 0.717) is 12.1 Å². The van der Waals surface area contributed by atoms with Gasteiger partial charge in [0.15, 0.2) is 0 Å². The molecule has 0 spiro atoms. The lowest BCUT2D eigenvalue weighted by Crippen LogP contribution is -2.37. The van der Waals surface area contributed by atoms with Crippen molar-refractivity contribution in [1.29, 1.82) is 0 Å². The first kappa shape index (κ1) is 13.8. The van der Waals surface area contributed by atoms with E-state index in [1.807, 2.05) is 50.4 Å². The van der Waals surface area contributed by atoms with Crippen molar-refractivity contribution < 1.29 is 4.39 Å². The third kappa shape index (κ3) is 2.81. The fraction of sp³-hybridized carbons (Fsp3) is 0.235. The van der Waals surface area contributed by atoms with Gasteiger partial charge in [-0.3, -0.25) is 0 Å². The van der Waals surface area contributed by atoms with Crippen molar-refractivity contribution >= 4 is 11.0 Å². The molecule has 108 valence electrons. The average molecular weight is 283 g/mol. The minimum Gasteiger partial charge on any atom is -0.346 e. The van der Waals surface area contributed by atoms with Crippen LogP contribution in [-0.4, -0.2) is 9.97 Å². The highest BCUT2D eigenvalue weighted by molar-refractivity contribution is 5.75. The van der Waals surface area contributed by atoms with Gasteiger partial charge in [-0.2, -0.15) is 0 Å². The molecule has 2 aromatic heterocycles. The molecule has 0 radical (unpaired) electrons. The number of pyridine rings is 1. The van der Waals surface area contributed by atoms with Gasteiger partial charge in [0.2, 0.25) is 0 Å². The number of nitrogens with zero attached hydrogens (tertiary/aromatic N) is 1. The molecule has 2 N–H and O–H groups in total. The number of aromatic amines is 1. The normalized spacial score (nSPS) is 12.0. The monoisotopic (exact) mass is 283 g/mol. The molecule has 4 heteroatoms. The maximum Gasteiger partial charge on any atom is 0.137 e. The van der Waals surface area contributed by atoms with Crippen molar-refractivity contribution in [2.75, 3.05) is 0 Å². The molecule has 3 aromatic rings. The van der Waals surface area contributed by atoms with Gasteiger partial charge in [-0.15, -0.1) is 0 Å². The summed E-state index contributed by atoms with van der Waals surface area (Å²) in [6.07, 6.45) is 1.87. The summed E-state index contributed by atoms with van der Waals surface area (Å²) in [4.78, 5) is 7.64. The largest absolute Gasteiger partial charge is 0.346 e. The van der Waals surface area contributed by atoms with Crippen LogP contribution in [0.15, 0.2) is 48.7 Å². The summed E-state index contributed by atoms with van der Waals surface area (Å²) in [5, 5.41) is 4.46. The summed E-state index contributed by atoms with van der Waals surface area (Å²) in [6.45, 7) is 4.52. The molecular weight excluding hydrogens is 265 g/mol. The summed E-state index contributed by atoms with van der Waals surface area (Å²) in [5.41, 5.74) is 2.00. The second-order valence-electron chi connectivity index (χ2n) is 5.68. The van der Waals surface area contributed by atoms with E-state index in [1.165, 1.54) is 6.07 Å². The van der Waals surface area contributed by atoms with E-state index >= 15 is 0 Å². The Labute approximate surface area is 123 Å². The van der Waals surface area contributed by atoms with Gasteiger partial charge in [0.25, 0.3) is 0 Å². The number of aromatic nitrogens is 2. The van der Waals surface area contributed by atoms with Gasteiger partial charge in [-0.25, -0.2) is 9.37 Å². The van der Waals surface area contributed by atoms with Crippen molar-refractivity contribution in [2.45, 2.75) is 25.9 Å². The molecule has 3 rings (SSSR count). The summed E-state index contributed by atoms with van der Waals surface area (Å²) < 4.78 is 13.9. The lowest BCUT2D eigenvalue weighted by molar-refractivity contribution is 0.381. The molecule has 21 heavy (non-hydrogen) atoms.